The van der Waals surface area contributed by atoms with Crippen molar-refractivity contribution in [2.45, 2.75) is 45.5 Å². The number of nitrogens with zero attached hydrogens (tertiary/aromatic N) is 1. The minimum Gasteiger partial charge on any atom is -0.491 e. The van der Waals surface area contributed by atoms with Crippen molar-refractivity contribution >= 4 is 0 Å². The summed E-state index contributed by atoms with van der Waals surface area (Å²) in [6.45, 7) is 6.60. The average molecular weight is 255 g/mol. The van der Waals surface area contributed by atoms with Gasteiger partial charge in [0.05, 0.1) is 6.61 Å². The van der Waals surface area contributed by atoms with Crippen LogP contribution >= 0.6 is 0 Å². The molecule has 2 nitrogen and oxygen atoms in total. The third-order valence-corrected chi connectivity index (χ3v) is 3.13. The lowest BCUT2D eigenvalue weighted by Crippen LogP contribution is -2.13. The number of rotatable bonds is 4. The average Bonchev–Trinajstić information content (AvgIpc) is 3.08. The molecule has 2 rings (SSSR count). The van der Waals surface area contributed by atoms with Crippen LogP contribution in [0.2, 0.25) is 0 Å². The first kappa shape index (κ1) is 13.2. The second-order valence-electron chi connectivity index (χ2n) is 5.91. The number of alkyl halides is 2. The van der Waals surface area contributed by atoms with Gasteiger partial charge in [0.2, 0.25) is 0 Å². The van der Waals surface area contributed by atoms with Gasteiger partial charge in [-0.05, 0) is 35.8 Å². The zero-order valence-electron chi connectivity index (χ0n) is 11.0. The Balaban J connectivity index is 2.24. The summed E-state index contributed by atoms with van der Waals surface area (Å²) >= 11 is 0. The molecule has 0 aliphatic heterocycles. The Morgan fingerprint density at radius 1 is 1.39 bits per heavy atom. The highest BCUT2D eigenvalue weighted by Crippen LogP contribution is 2.34. The van der Waals surface area contributed by atoms with E-state index in [-0.39, 0.29) is 16.9 Å². The van der Waals surface area contributed by atoms with Crippen LogP contribution in [-0.2, 0) is 5.41 Å². The Morgan fingerprint density at radius 3 is 2.56 bits per heavy atom. The molecule has 0 aromatic carbocycles. The summed E-state index contributed by atoms with van der Waals surface area (Å²) in [5.41, 5.74) is 0.548. The molecule has 0 unspecified atom stereocenters. The molecule has 0 N–H and O–H groups in total. The number of hydrogen-bond acceptors (Lipinski definition) is 2. The number of hydrogen-bond donors (Lipinski definition) is 0. The summed E-state index contributed by atoms with van der Waals surface area (Å²) in [6.07, 6.45) is 1.20. The number of pyridine rings is 1. The third kappa shape index (κ3) is 3.18. The molecule has 0 spiro atoms. The van der Waals surface area contributed by atoms with E-state index in [4.69, 9.17) is 4.74 Å². The molecule has 18 heavy (non-hydrogen) atoms. The van der Waals surface area contributed by atoms with Gasteiger partial charge < -0.3 is 4.74 Å². The SMILES string of the molecule is CC(C)(C)c1cnc(C(F)F)c(OCC2CC2)c1. The molecule has 1 aliphatic rings. The van der Waals surface area contributed by atoms with Gasteiger partial charge in [0, 0.05) is 6.20 Å². The normalized spacial score (nSPS) is 16.1. The van der Waals surface area contributed by atoms with Crippen LogP contribution < -0.4 is 4.74 Å². The first-order valence-corrected chi connectivity index (χ1v) is 6.29. The van der Waals surface area contributed by atoms with Crippen molar-refractivity contribution in [2.24, 2.45) is 5.92 Å². The van der Waals surface area contributed by atoms with Crippen molar-refractivity contribution in [1.29, 1.82) is 0 Å². The monoisotopic (exact) mass is 255 g/mol. The van der Waals surface area contributed by atoms with Crippen molar-refractivity contribution in [1.82, 2.24) is 4.98 Å². The van der Waals surface area contributed by atoms with Gasteiger partial charge in [-0.1, -0.05) is 20.8 Å². The molecule has 1 aromatic heterocycles. The van der Waals surface area contributed by atoms with E-state index < -0.39 is 6.43 Å². The van der Waals surface area contributed by atoms with Crippen molar-refractivity contribution in [3.8, 4) is 5.75 Å². The number of halogens is 2. The molecular formula is C14H19F2NO. The Labute approximate surface area is 106 Å². The fraction of sp³-hybridized carbons (Fsp3) is 0.643. The summed E-state index contributed by atoms with van der Waals surface area (Å²) < 4.78 is 31.2. The van der Waals surface area contributed by atoms with E-state index >= 15 is 0 Å². The Morgan fingerprint density at radius 2 is 2.06 bits per heavy atom. The molecule has 0 radical (unpaired) electrons. The van der Waals surface area contributed by atoms with Crippen molar-refractivity contribution in [3.05, 3.63) is 23.5 Å². The Hall–Kier alpha value is -1.19. The first-order valence-electron chi connectivity index (χ1n) is 6.29. The first-order chi connectivity index (χ1) is 8.38. The molecule has 1 fully saturated rings. The third-order valence-electron chi connectivity index (χ3n) is 3.13. The van der Waals surface area contributed by atoms with Gasteiger partial charge in [-0.25, -0.2) is 8.78 Å². The lowest BCUT2D eigenvalue weighted by atomic mass is 9.88. The molecular weight excluding hydrogens is 236 g/mol. The smallest absolute Gasteiger partial charge is 0.284 e. The van der Waals surface area contributed by atoms with Gasteiger partial charge in [0.15, 0.2) is 0 Å². The molecule has 4 heteroatoms. The Kier molecular flexibility index (Phi) is 3.55. The van der Waals surface area contributed by atoms with Crippen LogP contribution in [-0.4, -0.2) is 11.6 Å². The molecule has 1 aliphatic carbocycles. The number of ether oxygens (including phenoxy) is 1. The van der Waals surface area contributed by atoms with Crippen molar-refractivity contribution in [2.75, 3.05) is 6.61 Å². The van der Waals surface area contributed by atoms with E-state index in [2.05, 4.69) is 4.98 Å². The minimum atomic E-state index is -2.59. The van der Waals surface area contributed by atoms with Crippen LogP contribution in [0, 0.1) is 5.92 Å². The second kappa shape index (κ2) is 4.82. The fourth-order valence-corrected chi connectivity index (χ4v) is 1.64. The van der Waals surface area contributed by atoms with Crippen molar-refractivity contribution < 1.29 is 13.5 Å². The van der Waals surface area contributed by atoms with Crippen LogP contribution in [0.5, 0.6) is 5.75 Å². The maximum absolute atomic E-state index is 12.9. The van der Waals surface area contributed by atoms with Crippen LogP contribution in [0.3, 0.4) is 0 Å². The molecule has 0 amide bonds. The van der Waals surface area contributed by atoms with Gasteiger partial charge in [-0.3, -0.25) is 4.98 Å². The molecule has 0 atom stereocenters. The van der Waals surface area contributed by atoms with Gasteiger partial charge >= 0.3 is 0 Å². The predicted octanol–water partition coefficient (Wildman–Crippen LogP) is 4.11. The highest BCUT2D eigenvalue weighted by Gasteiger charge is 2.25. The van der Waals surface area contributed by atoms with E-state index in [9.17, 15) is 8.78 Å². The van der Waals surface area contributed by atoms with E-state index in [1.807, 2.05) is 20.8 Å². The summed E-state index contributed by atoms with van der Waals surface area (Å²) in [7, 11) is 0. The maximum Gasteiger partial charge on any atom is 0.284 e. The molecule has 1 saturated carbocycles. The molecule has 100 valence electrons. The zero-order chi connectivity index (χ0) is 13.3. The molecule has 1 aromatic rings. The van der Waals surface area contributed by atoms with Gasteiger partial charge in [0.25, 0.3) is 6.43 Å². The summed E-state index contributed by atoms with van der Waals surface area (Å²) in [5.74, 6) is 0.776. The zero-order valence-corrected chi connectivity index (χ0v) is 11.0. The van der Waals surface area contributed by atoms with Gasteiger partial charge in [-0.15, -0.1) is 0 Å². The predicted molar refractivity (Wildman–Crippen MR) is 66.1 cm³/mol. The largest absolute Gasteiger partial charge is 0.491 e. The lowest BCUT2D eigenvalue weighted by Gasteiger charge is -2.20. The standard InChI is InChI=1S/C14H19F2NO/c1-14(2,3)10-6-11(18-8-9-4-5-9)12(13(15)16)17-7-10/h6-7,9,13H,4-5,8H2,1-3H3. The summed E-state index contributed by atoms with van der Waals surface area (Å²) in [5, 5.41) is 0. The van der Waals surface area contributed by atoms with Gasteiger partial charge in [-0.2, -0.15) is 0 Å². The van der Waals surface area contributed by atoms with Crippen LogP contribution in [0.1, 0.15) is 51.3 Å². The van der Waals surface area contributed by atoms with Crippen LogP contribution in [0.15, 0.2) is 12.3 Å². The second-order valence-corrected chi connectivity index (χ2v) is 5.91. The van der Waals surface area contributed by atoms with E-state index in [0.29, 0.717) is 12.5 Å². The van der Waals surface area contributed by atoms with Crippen molar-refractivity contribution in [3.63, 3.8) is 0 Å². The Bertz CT molecular complexity index is 422. The van der Waals surface area contributed by atoms with Gasteiger partial charge in [0.1, 0.15) is 11.4 Å². The highest BCUT2D eigenvalue weighted by atomic mass is 19.3. The molecule has 0 bridgehead atoms. The fourth-order valence-electron chi connectivity index (χ4n) is 1.64. The minimum absolute atomic E-state index is 0.120. The maximum atomic E-state index is 12.9. The van der Waals surface area contributed by atoms with E-state index in [1.165, 1.54) is 6.20 Å². The molecule has 1 heterocycles. The van der Waals surface area contributed by atoms with Crippen LogP contribution in [0.4, 0.5) is 8.78 Å². The van der Waals surface area contributed by atoms with E-state index in [0.717, 1.165) is 18.4 Å². The van der Waals surface area contributed by atoms with E-state index in [1.54, 1.807) is 6.07 Å². The topological polar surface area (TPSA) is 22.1 Å². The molecule has 0 saturated heterocycles. The highest BCUT2D eigenvalue weighted by molar-refractivity contribution is 5.35. The number of aromatic nitrogens is 1. The lowest BCUT2D eigenvalue weighted by molar-refractivity contribution is 0.138. The van der Waals surface area contributed by atoms with Crippen LogP contribution in [0.25, 0.3) is 0 Å². The summed E-state index contributed by atoms with van der Waals surface area (Å²) in [6, 6.07) is 1.71. The summed E-state index contributed by atoms with van der Waals surface area (Å²) in [4.78, 5) is 3.87. The quantitative estimate of drug-likeness (QED) is 0.808.